The molecular weight excluding hydrogens is 799 g/mol. The number of anilines is 4. The van der Waals surface area contributed by atoms with Crippen molar-refractivity contribution < 1.29 is 18.3 Å². The van der Waals surface area contributed by atoms with Crippen LogP contribution in [0.5, 0.6) is 0 Å². The average molecular weight is 858 g/mol. The molecule has 4 aromatic rings. The van der Waals surface area contributed by atoms with E-state index in [1.165, 1.54) is 24.7 Å². The number of likely N-dealkylation sites (N-methyl/N-ethyl adjacent to an activating group) is 1. The molecule has 0 aromatic heterocycles. The first-order valence-electron chi connectivity index (χ1n) is 20.8. The minimum absolute atomic E-state index is 0.109. The lowest BCUT2D eigenvalue weighted by Gasteiger charge is -2.36. The smallest absolute Gasteiger partial charge is 0.242 e. The number of rotatable bonds is 13. The van der Waals surface area contributed by atoms with E-state index in [1.807, 2.05) is 24.3 Å². The van der Waals surface area contributed by atoms with E-state index in [0.717, 1.165) is 125 Å². The third kappa shape index (κ3) is 10.5. The average Bonchev–Trinajstić information content (AvgIpc) is 3.24. The van der Waals surface area contributed by atoms with Gasteiger partial charge in [-0.1, -0.05) is 53.9 Å². The number of hydrogen-bond acceptors (Lipinski definition) is 12. The summed E-state index contributed by atoms with van der Waals surface area (Å²) in [4.78, 5) is 31.5. The Hall–Kier alpha value is -3.44. The van der Waals surface area contributed by atoms with Crippen molar-refractivity contribution in [2.75, 3.05) is 123 Å². The Bertz CT molecular complexity index is 2170. The SMILES string of the molecule is CC(=O)c1ccc2c(c1)N(CCCN1CCN(CCO)CC1)c1ccccc1S2.CN1CCN(CCCN2c3ccccc3Sc3ccc(S(=O)(=O)N(C)C)cc32)CC1. The van der Waals surface area contributed by atoms with Crippen LogP contribution >= 0.6 is 23.5 Å². The van der Waals surface area contributed by atoms with E-state index in [1.54, 1.807) is 50.6 Å². The van der Waals surface area contributed by atoms with Crippen LogP contribution in [0.2, 0.25) is 0 Å². The molecular formula is C45H59N7O4S3. The minimum atomic E-state index is -3.47. The first-order valence-corrected chi connectivity index (χ1v) is 23.9. The number of benzene rings is 4. The summed E-state index contributed by atoms with van der Waals surface area (Å²) in [5.41, 5.74) is 5.30. The monoisotopic (exact) mass is 857 g/mol. The molecule has 59 heavy (non-hydrogen) atoms. The van der Waals surface area contributed by atoms with Crippen molar-refractivity contribution in [2.45, 2.75) is 44.2 Å². The van der Waals surface area contributed by atoms with Crippen LogP contribution in [0.25, 0.3) is 0 Å². The number of piperazine rings is 2. The van der Waals surface area contributed by atoms with Crippen molar-refractivity contribution in [3.63, 3.8) is 0 Å². The summed E-state index contributed by atoms with van der Waals surface area (Å²) in [6.45, 7) is 15.3. The molecule has 11 nitrogen and oxygen atoms in total. The van der Waals surface area contributed by atoms with E-state index < -0.39 is 10.0 Å². The van der Waals surface area contributed by atoms with Crippen LogP contribution in [-0.4, -0.2) is 156 Å². The number of fused-ring (bicyclic) bond motifs is 4. The van der Waals surface area contributed by atoms with Gasteiger partial charge in [0, 0.05) is 111 Å². The van der Waals surface area contributed by atoms with Crippen LogP contribution in [0.3, 0.4) is 0 Å². The summed E-state index contributed by atoms with van der Waals surface area (Å²) in [6, 6.07) is 28.5. The number of aliphatic hydroxyl groups is 1. The molecule has 0 bridgehead atoms. The highest BCUT2D eigenvalue weighted by Gasteiger charge is 2.28. The number of β-amino-alcohol motifs (C(OH)–C–C–N with tert-alkyl or cyclic N) is 1. The number of para-hydroxylation sites is 2. The molecule has 1 N–H and O–H groups in total. The maximum atomic E-state index is 12.7. The van der Waals surface area contributed by atoms with Crippen LogP contribution in [0.15, 0.2) is 109 Å². The lowest BCUT2D eigenvalue weighted by atomic mass is 10.1. The number of carbonyl (C=O) groups excluding carboxylic acids is 1. The highest BCUT2D eigenvalue weighted by atomic mass is 32.2. The predicted molar refractivity (Wildman–Crippen MR) is 242 cm³/mol. The van der Waals surface area contributed by atoms with Gasteiger partial charge in [-0.05, 0) is 94.5 Å². The van der Waals surface area contributed by atoms with Crippen molar-refractivity contribution in [3.8, 4) is 0 Å². The van der Waals surface area contributed by atoms with Crippen molar-refractivity contribution >= 4 is 62.1 Å². The number of Topliss-reactive ketones (excluding diaryl/α,β-unsaturated/α-hetero) is 1. The van der Waals surface area contributed by atoms with Crippen molar-refractivity contribution in [1.29, 1.82) is 0 Å². The van der Waals surface area contributed by atoms with Gasteiger partial charge < -0.3 is 29.6 Å². The van der Waals surface area contributed by atoms with Gasteiger partial charge in [-0.2, -0.15) is 0 Å². The van der Waals surface area contributed by atoms with E-state index in [2.05, 4.69) is 91.0 Å². The normalized spacial score (nSPS) is 17.5. The number of ketones is 1. The first-order chi connectivity index (χ1) is 28.5. The van der Waals surface area contributed by atoms with Gasteiger partial charge in [0.2, 0.25) is 10.0 Å². The third-order valence-corrected chi connectivity index (χ3v) is 15.7. The van der Waals surface area contributed by atoms with Crippen molar-refractivity contribution in [2.24, 2.45) is 0 Å². The fraction of sp³-hybridized carbons (Fsp3) is 0.444. The number of aliphatic hydroxyl groups excluding tert-OH is 1. The zero-order valence-corrected chi connectivity index (χ0v) is 37.4. The lowest BCUT2D eigenvalue weighted by Crippen LogP contribution is -2.47. The predicted octanol–water partition coefficient (Wildman–Crippen LogP) is 6.67. The molecule has 0 aliphatic carbocycles. The zero-order chi connectivity index (χ0) is 41.5. The highest BCUT2D eigenvalue weighted by Crippen LogP contribution is 2.50. The Balaban J connectivity index is 0.000000179. The standard InChI is InChI=1S/C23H29N3O2S.C22H30N4O2S2/c1-18(28)19-7-8-23-21(17-19)26(20-5-2-3-6-22(20)29-23)10-4-9-24-11-13-25(14-12-24)15-16-27;1-23(2)30(27,28)18-9-10-22-20(17-18)26(19-7-4-5-8-21(19)29-22)12-6-11-25-15-13-24(3)14-16-25/h2-3,5-8,17,27H,4,9-16H2,1H3;4-5,7-10,17H,6,11-16H2,1-3H3. The first kappa shape index (κ1) is 43.6. The summed E-state index contributed by atoms with van der Waals surface area (Å²) >= 11 is 3.49. The number of hydrogen-bond donors (Lipinski definition) is 1. The summed E-state index contributed by atoms with van der Waals surface area (Å²) in [5, 5.41) is 9.10. The van der Waals surface area contributed by atoms with Crippen LogP contribution in [0.1, 0.15) is 30.1 Å². The lowest BCUT2D eigenvalue weighted by molar-refractivity contribution is 0.101. The molecule has 4 aromatic carbocycles. The molecule has 0 saturated carbocycles. The number of nitrogens with zero attached hydrogens (tertiary/aromatic N) is 7. The van der Waals surface area contributed by atoms with Crippen LogP contribution in [-0.2, 0) is 10.0 Å². The largest absolute Gasteiger partial charge is 0.395 e. The van der Waals surface area contributed by atoms with E-state index in [9.17, 15) is 13.2 Å². The van der Waals surface area contributed by atoms with Crippen LogP contribution in [0, 0.1) is 0 Å². The molecule has 4 aliphatic heterocycles. The molecule has 2 fully saturated rings. The highest BCUT2D eigenvalue weighted by molar-refractivity contribution is 8.00. The minimum Gasteiger partial charge on any atom is -0.395 e. The summed E-state index contributed by atoms with van der Waals surface area (Å²) in [7, 11) is 1.86. The molecule has 0 amide bonds. The van der Waals surface area contributed by atoms with E-state index in [-0.39, 0.29) is 12.4 Å². The van der Waals surface area contributed by atoms with E-state index in [0.29, 0.717) is 4.90 Å². The van der Waals surface area contributed by atoms with Crippen LogP contribution < -0.4 is 9.80 Å². The molecule has 14 heteroatoms. The maximum Gasteiger partial charge on any atom is 0.242 e. The molecule has 2 saturated heterocycles. The second-order valence-electron chi connectivity index (χ2n) is 15.9. The molecule has 0 spiro atoms. The van der Waals surface area contributed by atoms with Crippen molar-refractivity contribution in [1.82, 2.24) is 23.9 Å². The summed E-state index contributed by atoms with van der Waals surface area (Å²) in [6.07, 6.45) is 2.11. The van der Waals surface area contributed by atoms with Gasteiger partial charge in [-0.15, -0.1) is 0 Å². The zero-order valence-electron chi connectivity index (χ0n) is 34.9. The molecule has 316 valence electrons. The van der Waals surface area contributed by atoms with E-state index in [4.69, 9.17) is 5.11 Å². The third-order valence-electron chi connectivity index (χ3n) is 11.6. The molecule has 0 atom stereocenters. The second-order valence-corrected chi connectivity index (χ2v) is 20.2. The fourth-order valence-corrected chi connectivity index (χ4v) is 11.1. The van der Waals surface area contributed by atoms with Gasteiger partial charge in [0.15, 0.2) is 5.78 Å². The Kier molecular flexibility index (Phi) is 14.8. The van der Waals surface area contributed by atoms with Gasteiger partial charge in [0.25, 0.3) is 0 Å². The quantitative estimate of drug-likeness (QED) is 0.146. The van der Waals surface area contributed by atoms with Crippen LogP contribution in [0.4, 0.5) is 22.7 Å². The Morgan fingerprint density at radius 1 is 0.610 bits per heavy atom. The van der Waals surface area contributed by atoms with Gasteiger partial charge >= 0.3 is 0 Å². The molecule has 4 heterocycles. The van der Waals surface area contributed by atoms with Crippen molar-refractivity contribution in [3.05, 3.63) is 90.5 Å². The molecule has 8 rings (SSSR count). The van der Waals surface area contributed by atoms with Gasteiger partial charge in [0.1, 0.15) is 0 Å². The van der Waals surface area contributed by atoms with E-state index >= 15 is 0 Å². The Morgan fingerprint density at radius 3 is 1.58 bits per heavy atom. The summed E-state index contributed by atoms with van der Waals surface area (Å²) in [5.74, 6) is 0.109. The Morgan fingerprint density at radius 2 is 1.07 bits per heavy atom. The Labute approximate surface area is 360 Å². The van der Waals surface area contributed by atoms with Gasteiger partial charge in [0.05, 0.1) is 34.3 Å². The van der Waals surface area contributed by atoms with Gasteiger partial charge in [-0.3, -0.25) is 9.69 Å². The van der Waals surface area contributed by atoms with Gasteiger partial charge in [-0.25, -0.2) is 12.7 Å². The fourth-order valence-electron chi connectivity index (χ4n) is 8.06. The topological polar surface area (TPSA) is 94.1 Å². The molecule has 0 radical (unpaired) electrons. The summed E-state index contributed by atoms with van der Waals surface area (Å²) < 4.78 is 26.7. The molecule has 4 aliphatic rings. The maximum absolute atomic E-state index is 12.7. The molecule has 0 unspecified atom stereocenters. The second kappa shape index (κ2) is 20.0. The number of carbonyl (C=O) groups is 1. The number of sulfonamides is 1.